The lowest BCUT2D eigenvalue weighted by molar-refractivity contribution is -0.120. The molecule has 0 saturated heterocycles. The van der Waals surface area contributed by atoms with Crippen molar-refractivity contribution < 1.29 is 9.18 Å². The number of aromatic nitrogens is 3. The van der Waals surface area contributed by atoms with Crippen LogP contribution in [0.2, 0.25) is 0 Å². The molecule has 3 N–H and O–H groups in total. The molecule has 0 fully saturated rings. The average molecular weight is 361 g/mol. The molecule has 0 aliphatic heterocycles. The fraction of sp³-hybridized carbons (Fsp3) is 0.412. The Morgan fingerprint density at radius 1 is 1.19 bits per heavy atom. The van der Waals surface area contributed by atoms with E-state index in [4.69, 9.17) is 0 Å². The minimum atomic E-state index is -0.310. The maximum absolute atomic E-state index is 12.9. The van der Waals surface area contributed by atoms with Crippen molar-refractivity contribution in [2.45, 2.75) is 19.9 Å². The molecule has 1 aromatic heterocycles. The molecule has 0 saturated carbocycles. The van der Waals surface area contributed by atoms with Gasteiger partial charge in [-0.1, -0.05) is 12.1 Å². The molecule has 1 aromatic carbocycles. The van der Waals surface area contributed by atoms with Crippen molar-refractivity contribution in [2.24, 2.45) is 12.0 Å². The molecule has 8 nitrogen and oxygen atoms in total. The van der Waals surface area contributed by atoms with Crippen LogP contribution in [0, 0.1) is 5.82 Å². The van der Waals surface area contributed by atoms with Crippen molar-refractivity contribution in [3.05, 3.63) is 47.8 Å². The maximum atomic E-state index is 12.9. The van der Waals surface area contributed by atoms with E-state index < -0.39 is 0 Å². The molecule has 9 heteroatoms. The Morgan fingerprint density at radius 3 is 2.58 bits per heavy atom. The average Bonchev–Trinajstić information content (AvgIpc) is 3.03. The second-order valence-corrected chi connectivity index (χ2v) is 5.58. The van der Waals surface area contributed by atoms with Gasteiger partial charge in [0, 0.05) is 26.7 Å². The van der Waals surface area contributed by atoms with E-state index in [1.165, 1.54) is 18.5 Å². The Labute approximate surface area is 151 Å². The summed E-state index contributed by atoms with van der Waals surface area (Å²) in [5, 5.41) is 13.1. The van der Waals surface area contributed by atoms with Crippen LogP contribution >= 0.6 is 0 Å². The number of carbonyl (C=O) groups excluding carboxylic acids is 1. The number of hydrogen-bond donors (Lipinski definition) is 3. The van der Waals surface area contributed by atoms with Crippen LogP contribution in [0.4, 0.5) is 4.39 Å². The first kappa shape index (κ1) is 19.4. The molecule has 140 valence electrons. The van der Waals surface area contributed by atoms with Crippen LogP contribution in [0.3, 0.4) is 0 Å². The highest BCUT2D eigenvalue weighted by atomic mass is 19.1. The lowest BCUT2D eigenvalue weighted by Gasteiger charge is -2.12. The fourth-order valence-corrected chi connectivity index (χ4v) is 2.19. The predicted molar refractivity (Wildman–Crippen MR) is 96.9 cm³/mol. The third-order valence-corrected chi connectivity index (χ3v) is 3.55. The Hall–Kier alpha value is -2.97. The van der Waals surface area contributed by atoms with Gasteiger partial charge in [-0.25, -0.2) is 14.4 Å². The first-order valence-corrected chi connectivity index (χ1v) is 8.44. The molecule has 2 rings (SSSR count). The zero-order valence-corrected chi connectivity index (χ0v) is 15.0. The Bertz CT molecular complexity index is 727. The Kier molecular flexibility index (Phi) is 7.53. The summed E-state index contributed by atoms with van der Waals surface area (Å²) < 4.78 is 14.5. The number of nitrogens with one attached hydrogen (secondary N) is 3. The number of rotatable bonds is 8. The van der Waals surface area contributed by atoms with Crippen molar-refractivity contribution in [2.75, 3.05) is 19.6 Å². The molecule has 0 spiro atoms. The summed E-state index contributed by atoms with van der Waals surface area (Å²) in [4.78, 5) is 20.4. The van der Waals surface area contributed by atoms with Crippen LogP contribution in [0.25, 0.3) is 0 Å². The number of aryl methyl sites for hydroxylation is 1. The van der Waals surface area contributed by atoms with Gasteiger partial charge in [0.15, 0.2) is 5.96 Å². The largest absolute Gasteiger partial charge is 0.357 e. The fourth-order valence-electron chi connectivity index (χ4n) is 2.19. The lowest BCUT2D eigenvalue weighted by atomic mass is 10.1. The van der Waals surface area contributed by atoms with Crippen molar-refractivity contribution >= 4 is 11.9 Å². The van der Waals surface area contributed by atoms with Crippen LogP contribution in [-0.2, 0) is 24.8 Å². The third kappa shape index (κ3) is 6.50. The summed E-state index contributed by atoms with van der Waals surface area (Å²) >= 11 is 0. The highest BCUT2D eigenvalue weighted by Crippen LogP contribution is 2.03. The molecule has 0 unspecified atom stereocenters. The number of nitrogens with zero attached hydrogens (tertiary/aromatic N) is 4. The van der Waals surface area contributed by atoms with Gasteiger partial charge in [-0.05, 0) is 24.6 Å². The van der Waals surface area contributed by atoms with Crippen LogP contribution < -0.4 is 16.0 Å². The molecule has 1 heterocycles. The smallest absolute Gasteiger partial charge is 0.224 e. The van der Waals surface area contributed by atoms with E-state index in [1.807, 2.05) is 14.0 Å². The van der Waals surface area contributed by atoms with Crippen LogP contribution in [0.1, 0.15) is 18.3 Å². The van der Waals surface area contributed by atoms with Crippen molar-refractivity contribution in [3.8, 4) is 0 Å². The number of hydrogen-bond acceptors (Lipinski definition) is 4. The molecule has 0 aliphatic rings. The topological polar surface area (TPSA) is 96.2 Å². The molecule has 26 heavy (non-hydrogen) atoms. The van der Waals surface area contributed by atoms with Crippen molar-refractivity contribution in [1.82, 2.24) is 30.7 Å². The number of halogens is 1. The van der Waals surface area contributed by atoms with Gasteiger partial charge < -0.3 is 16.0 Å². The van der Waals surface area contributed by atoms with E-state index in [9.17, 15) is 9.18 Å². The first-order chi connectivity index (χ1) is 12.6. The normalized spacial score (nSPS) is 11.3. The summed E-state index contributed by atoms with van der Waals surface area (Å²) in [6.07, 6.45) is 1.71. The predicted octanol–water partition coefficient (Wildman–Crippen LogP) is 0.368. The molecule has 1 amide bonds. The highest BCUT2D eigenvalue weighted by molar-refractivity contribution is 5.80. The quantitative estimate of drug-likeness (QED) is 0.359. The number of guanidine groups is 1. The summed E-state index contributed by atoms with van der Waals surface area (Å²) in [5.41, 5.74) is 0.774. The molecule has 0 bridgehead atoms. The second-order valence-electron chi connectivity index (χ2n) is 5.58. The van der Waals surface area contributed by atoms with E-state index >= 15 is 0 Å². The summed E-state index contributed by atoms with van der Waals surface area (Å²) in [6.45, 7) is 4.09. The lowest BCUT2D eigenvalue weighted by Crippen LogP contribution is -2.41. The molecule has 0 radical (unpaired) electrons. The van der Waals surface area contributed by atoms with E-state index in [0.29, 0.717) is 25.6 Å². The number of amides is 1. The Morgan fingerprint density at radius 2 is 1.92 bits per heavy atom. The van der Waals surface area contributed by atoms with Crippen molar-refractivity contribution in [3.63, 3.8) is 0 Å². The standard InChI is InChI=1S/C17H24FN7O/c1-3-19-17(22-11-15-23-12-24-25(15)2)21-9-8-20-16(26)10-13-4-6-14(18)7-5-13/h4-7,12H,3,8-11H2,1-2H3,(H,20,26)(H2,19,21,22). The molecular weight excluding hydrogens is 337 g/mol. The van der Waals surface area contributed by atoms with E-state index in [0.717, 1.165) is 17.9 Å². The summed E-state index contributed by atoms with van der Waals surface area (Å²) in [5.74, 6) is 0.979. The highest BCUT2D eigenvalue weighted by Gasteiger charge is 2.04. The maximum Gasteiger partial charge on any atom is 0.224 e. The van der Waals surface area contributed by atoms with Crippen LogP contribution in [-0.4, -0.2) is 46.3 Å². The number of aliphatic imine (C=N–C) groups is 1. The van der Waals surface area contributed by atoms with Gasteiger partial charge >= 0.3 is 0 Å². The number of benzene rings is 1. The molecule has 2 aromatic rings. The van der Waals surface area contributed by atoms with Gasteiger partial charge in [-0.3, -0.25) is 9.48 Å². The van der Waals surface area contributed by atoms with Crippen LogP contribution in [0.15, 0.2) is 35.6 Å². The van der Waals surface area contributed by atoms with Gasteiger partial charge in [-0.15, -0.1) is 0 Å². The van der Waals surface area contributed by atoms with E-state index in [1.54, 1.807) is 16.8 Å². The van der Waals surface area contributed by atoms with Crippen molar-refractivity contribution in [1.29, 1.82) is 0 Å². The molecule has 0 aliphatic carbocycles. The van der Waals surface area contributed by atoms with E-state index in [2.05, 4.69) is 31.0 Å². The number of carbonyl (C=O) groups is 1. The van der Waals surface area contributed by atoms with Crippen LogP contribution in [0.5, 0.6) is 0 Å². The first-order valence-electron chi connectivity index (χ1n) is 8.44. The second kappa shape index (κ2) is 10.1. The summed E-state index contributed by atoms with van der Waals surface area (Å²) in [6, 6.07) is 5.91. The molecular formula is C17H24FN7O. The Balaban J connectivity index is 1.72. The third-order valence-electron chi connectivity index (χ3n) is 3.55. The minimum absolute atomic E-state index is 0.112. The SMILES string of the molecule is CCNC(=NCc1ncnn1C)NCCNC(=O)Cc1ccc(F)cc1. The van der Waals surface area contributed by atoms with Gasteiger partial charge in [0.05, 0.1) is 6.42 Å². The zero-order chi connectivity index (χ0) is 18.8. The van der Waals surface area contributed by atoms with Gasteiger partial charge in [0.2, 0.25) is 5.91 Å². The minimum Gasteiger partial charge on any atom is -0.357 e. The van der Waals surface area contributed by atoms with Gasteiger partial charge in [0.25, 0.3) is 0 Å². The monoisotopic (exact) mass is 361 g/mol. The summed E-state index contributed by atoms with van der Waals surface area (Å²) in [7, 11) is 1.81. The van der Waals surface area contributed by atoms with E-state index in [-0.39, 0.29) is 18.1 Å². The van der Waals surface area contributed by atoms with Gasteiger partial charge in [-0.2, -0.15) is 5.10 Å². The molecule has 0 atom stereocenters. The van der Waals surface area contributed by atoms with Gasteiger partial charge in [0.1, 0.15) is 24.5 Å². The zero-order valence-electron chi connectivity index (χ0n) is 15.0.